The summed E-state index contributed by atoms with van der Waals surface area (Å²) in [5.41, 5.74) is 5.70. The zero-order valence-corrected chi connectivity index (χ0v) is 11.4. The molecule has 0 fully saturated rings. The van der Waals surface area contributed by atoms with Gasteiger partial charge < -0.3 is 15.8 Å². The number of ether oxygens (including phenoxy) is 1. The van der Waals surface area contributed by atoms with Gasteiger partial charge in [-0.15, -0.1) is 0 Å². The van der Waals surface area contributed by atoms with E-state index in [9.17, 15) is 9.18 Å². The summed E-state index contributed by atoms with van der Waals surface area (Å²) in [5, 5.41) is 2.74. The highest BCUT2D eigenvalue weighted by Crippen LogP contribution is 2.11. The Hall–Kier alpha value is -1.62. The number of rotatable bonds is 7. The number of benzene rings is 1. The minimum Gasteiger partial charge on any atom is -0.484 e. The quantitative estimate of drug-likeness (QED) is 0.793. The van der Waals surface area contributed by atoms with Gasteiger partial charge in [0, 0.05) is 12.1 Å². The first-order valence-electron chi connectivity index (χ1n) is 6.43. The van der Waals surface area contributed by atoms with Crippen LogP contribution in [0.3, 0.4) is 0 Å². The normalized spacial score (nSPS) is 11.2. The van der Waals surface area contributed by atoms with Crippen molar-refractivity contribution >= 4 is 5.91 Å². The van der Waals surface area contributed by atoms with Gasteiger partial charge in [0.2, 0.25) is 0 Å². The van der Waals surface area contributed by atoms with E-state index in [-0.39, 0.29) is 23.9 Å². The zero-order valence-electron chi connectivity index (χ0n) is 11.4. The summed E-state index contributed by atoms with van der Waals surface area (Å²) in [6, 6.07) is 5.53. The Labute approximate surface area is 113 Å². The van der Waals surface area contributed by atoms with Crippen LogP contribution in [0.25, 0.3) is 0 Å². The van der Waals surface area contributed by atoms with Crippen molar-refractivity contribution in [3.05, 3.63) is 30.1 Å². The fourth-order valence-electron chi connectivity index (χ4n) is 1.51. The first-order valence-corrected chi connectivity index (χ1v) is 6.43. The molecule has 4 nitrogen and oxygen atoms in total. The second kappa shape index (κ2) is 7.09. The van der Waals surface area contributed by atoms with Crippen molar-refractivity contribution in [1.29, 1.82) is 0 Å². The number of nitrogens with one attached hydrogen (secondary N) is 1. The standard InChI is InChI=1S/C14H21FN2O2/c1-3-14(16,4-2)10-17-13(18)9-19-12-7-5-11(15)6-8-12/h5-8H,3-4,9-10,16H2,1-2H3,(H,17,18). The third-order valence-corrected chi connectivity index (χ3v) is 3.23. The lowest BCUT2D eigenvalue weighted by Crippen LogP contribution is -2.50. The molecule has 0 unspecified atom stereocenters. The molecule has 1 rings (SSSR count). The molecule has 0 aliphatic rings. The molecule has 0 heterocycles. The Kier molecular flexibility index (Phi) is 5.76. The molecule has 0 aliphatic carbocycles. The summed E-state index contributed by atoms with van der Waals surface area (Å²) < 4.78 is 17.9. The van der Waals surface area contributed by atoms with E-state index in [1.807, 2.05) is 13.8 Å². The molecular weight excluding hydrogens is 247 g/mol. The Morgan fingerprint density at radius 3 is 2.42 bits per heavy atom. The van der Waals surface area contributed by atoms with Crippen LogP contribution in [0.4, 0.5) is 4.39 Å². The molecule has 1 aromatic carbocycles. The molecule has 1 amide bonds. The van der Waals surface area contributed by atoms with Crippen LogP contribution in [0.15, 0.2) is 24.3 Å². The van der Waals surface area contributed by atoms with E-state index < -0.39 is 0 Å². The summed E-state index contributed by atoms with van der Waals surface area (Å²) in [4.78, 5) is 11.6. The van der Waals surface area contributed by atoms with Gasteiger partial charge in [0.1, 0.15) is 11.6 Å². The third kappa shape index (κ3) is 5.26. The molecule has 0 aliphatic heterocycles. The number of carbonyl (C=O) groups is 1. The average molecular weight is 268 g/mol. The van der Waals surface area contributed by atoms with Gasteiger partial charge in [-0.25, -0.2) is 4.39 Å². The minimum absolute atomic E-state index is 0.102. The number of carbonyl (C=O) groups excluding carboxylic acids is 1. The molecule has 19 heavy (non-hydrogen) atoms. The van der Waals surface area contributed by atoms with E-state index >= 15 is 0 Å². The van der Waals surface area contributed by atoms with Crippen LogP contribution in [0.5, 0.6) is 5.75 Å². The lowest BCUT2D eigenvalue weighted by molar-refractivity contribution is -0.123. The second-order valence-corrected chi connectivity index (χ2v) is 4.59. The number of hydrogen-bond donors (Lipinski definition) is 2. The Morgan fingerprint density at radius 2 is 1.89 bits per heavy atom. The van der Waals surface area contributed by atoms with Crippen molar-refractivity contribution in [2.45, 2.75) is 32.2 Å². The van der Waals surface area contributed by atoms with Gasteiger partial charge in [0.25, 0.3) is 5.91 Å². The van der Waals surface area contributed by atoms with Gasteiger partial charge in [0.15, 0.2) is 6.61 Å². The van der Waals surface area contributed by atoms with Crippen LogP contribution in [-0.4, -0.2) is 24.6 Å². The monoisotopic (exact) mass is 268 g/mol. The van der Waals surface area contributed by atoms with Crippen molar-refractivity contribution in [1.82, 2.24) is 5.32 Å². The van der Waals surface area contributed by atoms with E-state index in [0.29, 0.717) is 12.3 Å². The number of amides is 1. The number of halogens is 1. The molecule has 5 heteroatoms. The van der Waals surface area contributed by atoms with Gasteiger partial charge in [-0.2, -0.15) is 0 Å². The fraction of sp³-hybridized carbons (Fsp3) is 0.500. The summed E-state index contributed by atoms with van der Waals surface area (Å²) in [6.45, 7) is 4.30. The summed E-state index contributed by atoms with van der Waals surface area (Å²) in [6.07, 6.45) is 1.59. The molecule has 0 saturated heterocycles. The van der Waals surface area contributed by atoms with Crippen LogP contribution in [0.1, 0.15) is 26.7 Å². The van der Waals surface area contributed by atoms with Gasteiger partial charge >= 0.3 is 0 Å². The second-order valence-electron chi connectivity index (χ2n) is 4.59. The van der Waals surface area contributed by atoms with Gasteiger partial charge in [0.05, 0.1) is 0 Å². The molecule has 0 aromatic heterocycles. The summed E-state index contributed by atoms with van der Waals surface area (Å²) in [5.74, 6) is -0.113. The molecular formula is C14H21FN2O2. The van der Waals surface area contributed by atoms with Crippen LogP contribution >= 0.6 is 0 Å². The fourth-order valence-corrected chi connectivity index (χ4v) is 1.51. The smallest absolute Gasteiger partial charge is 0.258 e. The Morgan fingerprint density at radius 1 is 1.32 bits per heavy atom. The highest BCUT2D eigenvalue weighted by atomic mass is 19.1. The SMILES string of the molecule is CCC(N)(CC)CNC(=O)COc1ccc(F)cc1. The zero-order chi connectivity index (χ0) is 14.3. The van der Waals surface area contributed by atoms with Crippen LogP contribution in [-0.2, 0) is 4.79 Å². The van der Waals surface area contributed by atoms with Crippen molar-refractivity contribution in [2.75, 3.05) is 13.2 Å². The van der Waals surface area contributed by atoms with E-state index in [1.54, 1.807) is 0 Å². The van der Waals surface area contributed by atoms with Crippen molar-refractivity contribution in [2.24, 2.45) is 5.73 Å². The van der Waals surface area contributed by atoms with Gasteiger partial charge in [-0.1, -0.05) is 13.8 Å². The summed E-state index contributed by atoms with van der Waals surface area (Å²) >= 11 is 0. The van der Waals surface area contributed by atoms with Crippen molar-refractivity contribution in [3.8, 4) is 5.75 Å². The molecule has 0 bridgehead atoms. The highest BCUT2D eigenvalue weighted by molar-refractivity contribution is 5.77. The van der Waals surface area contributed by atoms with Gasteiger partial charge in [-0.3, -0.25) is 4.79 Å². The van der Waals surface area contributed by atoms with E-state index in [4.69, 9.17) is 10.5 Å². The van der Waals surface area contributed by atoms with E-state index in [0.717, 1.165) is 12.8 Å². The molecule has 0 saturated carbocycles. The van der Waals surface area contributed by atoms with E-state index in [2.05, 4.69) is 5.32 Å². The van der Waals surface area contributed by atoms with E-state index in [1.165, 1.54) is 24.3 Å². The third-order valence-electron chi connectivity index (χ3n) is 3.23. The molecule has 1 aromatic rings. The highest BCUT2D eigenvalue weighted by Gasteiger charge is 2.20. The molecule has 0 spiro atoms. The topological polar surface area (TPSA) is 64.3 Å². The molecule has 0 radical (unpaired) electrons. The number of nitrogens with two attached hydrogens (primary N) is 1. The summed E-state index contributed by atoms with van der Waals surface area (Å²) in [7, 11) is 0. The van der Waals surface area contributed by atoms with Crippen LogP contribution < -0.4 is 15.8 Å². The van der Waals surface area contributed by atoms with Crippen LogP contribution in [0.2, 0.25) is 0 Å². The number of hydrogen-bond acceptors (Lipinski definition) is 3. The van der Waals surface area contributed by atoms with Gasteiger partial charge in [-0.05, 0) is 37.1 Å². The average Bonchev–Trinajstić information content (AvgIpc) is 2.44. The minimum atomic E-state index is -0.370. The Balaban J connectivity index is 2.34. The van der Waals surface area contributed by atoms with Crippen molar-refractivity contribution < 1.29 is 13.9 Å². The predicted molar refractivity (Wildman–Crippen MR) is 72.4 cm³/mol. The lowest BCUT2D eigenvalue weighted by atomic mass is 9.94. The predicted octanol–water partition coefficient (Wildman–Crippen LogP) is 1.84. The van der Waals surface area contributed by atoms with Crippen molar-refractivity contribution in [3.63, 3.8) is 0 Å². The largest absolute Gasteiger partial charge is 0.484 e. The molecule has 0 atom stereocenters. The Bertz CT molecular complexity index is 402. The molecule has 106 valence electrons. The first kappa shape index (κ1) is 15.4. The maximum absolute atomic E-state index is 12.7. The van der Waals surface area contributed by atoms with Crippen LogP contribution in [0, 0.1) is 5.82 Å². The first-order chi connectivity index (χ1) is 8.99. The molecule has 3 N–H and O–H groups in total. The lowest BCUT2D eigenvalue weighted by Gasteiger charge is -2.26. The maximum Gasteiger partial charge on any atom is 0.258 e. The maximum atomic E-state index is 12.7.